The molecule has 0 saturated heterocycles. The summed E-state index contributed by atoms with van der Waals surface area (Å²) >= 11 is 6.04. The maximum absolute atomic E-state index is 11.9. The monoisotopic (exact) mass is 380 g/mol. The van der Waals surface area contributed by atoms with Gasteiger partial charge in [0.1, 0.15) is 0 Å². The molecule has 2 rings (SSSR count). The molecule has 0 atom stereocenters. The molecule has 0 spiro atoms. The molecule has 7 heteroatoms. The molecule has 0 radical (unpaired) electrons. The number of hydrogen-bond acceptors (Lipinski definition) is 3. The lowest BCUT2D eigenvalue weighted by atomic mass is 10.1. The smallest absolute Gasteiger partial charge is 0.220 e. The number of carbonyl (C=O) groups is 1. The van der Waals surface area contributed by atoms with Gasteiger partial charge in [-0.05, 0) is 23.6 Å². The van der Waals surface area contributed by atoms with Gasteiger partial charge in [0.15, 0.2) is 0 Å². The van der Waals surface area contributed by atoms with Crippen molar-refractivity contribution in [1.82, 2.24) is 10.0 Å². The summed E-state index contributed by atoms with van der Waals surface area (Å²) in [5, 5.41) is 3.25. The van der Waals surface area contributed by atoms with Crippen molar-refractivity contribution < 1.29 is 13.2 Å². The molecule has 2 aromatic rings. The molecule has 0 fully saturated rings. The normalized spacial score (nSPS) is 11.2. The number of nitrogens with one attached hydrogen (secondary N) is 2. The third-order valence-electron chi connectivity index (χ3n) is 3.61. The first-order valence-electron chi connectivity index (χ1n) is 7.98. The highest BCUT2D eigenvalue weighted by Gasteiger charge is 2.11. The highest BCUT2D eigenvalue weighted by Crippen LogP contribution is 2.16. The zero-order valence-electron chi connectivity index (χ0n) is 13.7. The van der Waals surface area contributed by atoms with Crippen LogP contribution < -0.4 is 10.0 Å². The second-order valence-corrected chi connectivity index (χ2v) is 7.90. The van der Waals surface area contributed by atoms with Crippen molar-refractivity contribution in [2.24, 2.45) is 0 Å². The minimum atomic E-state index is -3.44. The van der Waals surface area contributed by atoms with Crippen LogP contribution in [0.25, 0.3) is 0 Å². The minimum absolute atomic E-state index is 0.0749. The second kappa shape index (κ2) is 9.56. The Morgan fingerprint density at radius 3 is 2.40 bits per heavy atom. The fraction of sp³-hybridized carbons (Fsp3) is 0.278. The van der Waals surface area contributed by atoms with E-state index < -0.39 is 10.0 Å². The van der Waals surface area contributed by atoms with E-state index in [0.29, 0.717) is 11.4 Å². The summed E-state index contributed by atoms with van der Waals surface area (Å²) in [6.07, 6.45) is 0.783. The average molecular weight is 381 g/mol. The Balaban J connectivity index is 1.68. The van der Waals surface area contributed by atoms with Crippen molar-refractivity contribution in [3.63, 3.8) is 0 Å². The third-order valence-corrected chi connectivity index (χ3v) is 5.31. The molecule has 0 aliphatic rings. The predicted octanol–water partition coefficient (Wildman–Crippen LogP) is 2.51. The highest BCUT2D eigenvalue weighted by atomic mass is 35.5. The largest absolute Gasteiger partial charge is 0.355 e. The number of sulfonamides is 1. The van der Waals surface area contributed by atoms with E-state index in [4.69, 9.17) is 11.6 Å². The first-order chi connectivity index (χ1) is 12.0. The van der Waals surface area contributed by atoms with Crippen LogP contribution >= 0.6 is 11.6 Å². The van der Waals surface area contributed by atoms with Gasteiger partial charge in [0.2, 0.25) is 15.9 Å². The van der Waals surface area contributed by atoms with E-state index in [0.717, 1.165) is 11.1 Å². The van der Waals surface area contributed by atoms with Crippen LogP contribution in [0.2, 0.25) is 5.02 Å². The van der Waals surface area contributed by atoms with Crippen molar-refractivity contribution in [1.29, 1.82) is 0 Å². The Bertz CT molecular complexity index is 795. The van der Waals surface area contributed by atoms with Gasteiger partial charge in [-0.15, -0.1) is 0 Å². The highest BCUT2D eigenvalue weighted by molar-refractivity contribution is 7.89. The van der Waals surface area contributed by atoms with Crippen LogP contribution in [0.3, 0.4) is 0 Å². The molecule has 25 heavy (non-hydrogen) atoms. The third kappa shape index (κ3) is 7.25. The fourth-order valence-corrected chi connectivity index (χ4v) is 3.36. The Labute approximate surface area is 153 Å². The number of benzene rings is 2. The maximum Gasteiger partial charge on any atom is 0.220 e. The van der Waals surface area contributed by atoms with E-state index in [1.165, 1.54) is 0 Å². The molecule has 0 aliphatic heterocycles. The SMILES string of the molecule is O=C(CCc1ccccc1Cl)NCCS(=O)(=O)NCc1ccccc1. The molecule has 2 N–H and O–H groups in total. The van der Waals surface area contributed by atoms with E-state index in [1.54, 1.807) is 6.07 Å². The zero-order valence-corrected chi connectivity index (χ0v) is 15.3. The van der Waals surface area contributed by atoms with E-state index in [1.807, 2.05) is 48.5 Å². The first-order valence-corrected chi connectivity index (χ1v) is 10.0. The van der Waals surface area contributed by atoms with Crippen LogP contribution in [0.1, 0.15) is 17.5 Å². The van der Waals surface area contributed by atoms with Crippen LogP contribution in [-0.4, -0.2) is 26.6 Å². The van der Waals surface area contributed by atoms with Gasteiger partial charge in [0.25, 0.3) is 0 Å². The molecule has 0 heterocycles. The molecular weight excluding hydrogens is 360 g/mol. The minimum Gasteiger partial charge on any atom is -0.355 e. The summed E-state index contributed by atoms with van der Waals surface area (Å²) in [4.78, 5) is 11.8. The second-order valence-electron chi connectivity index (χ2n) is 5.57. The van der Waals surface area contributed by atoms with Gasteiger partial charge in [-0.3, -0.25) is 4.79 Å². The van der Waals surface area contributed by atoms with E-state index in [-0.39, 0.29) is 31.2 Å². The lowest BCUT2D eigenvalue weighted by Gasteiger charge is -2.08. The van der Waals surface area contributed by atoms with Crippen LogP contribution in [0.15, 0.2) is 54.6 Å². The number of hydrogen-bond donors (Lipinski definition) is 2. The molecule has 0 bridgehead atoms. The molecule has 0 aromatic heterocycles. The number of amides is 1. The number of rotatable bonds is 9. The average Bonchev–Trinajstić information content (AvgIpc) is 2.60. The Morgan fingerprint density at radius 1 is 1.00 bits per heavy atom. The van der Waals surface area contributed by atoms with E-state index in [2.05, 4.69) is 10.0 Å². The van der Waals surface area contributed by atoms with Crippen molar-refractivity contribution in [3.8, 4) is 0 Å². The standard InChI is InChI=1S/C18H21ClN2O3S/c19-17-9-5-4-8-16(17)10-11-18(22)20-12-13-25(23,24)21-14-15-6-2-1-3-7-15/h1-9,21H,10-14H2,(H,20,22). The number of aryl methyl sites for hydroxylation is 1. The van der Waals surface area contributed by atoms with Gasteiger partial charge in [-0.1, -0.05) is 60.1 Å². The molecule has 134 valence electrons. The van der Waals surface area contributed by atoms with Crippen molar-refractivity contribution in [2.75, 3.05) is 12.3 Å². The molecule has 1 amide bonds. The van der Waals surface area contributed by atoms with Gasteiger partial charge < -0.3 is 5.32 Å². The summed E-state index contributed by atoms with van der Waals surface area (Å²) in [6, 6.07) is 16.6. The molecule has 5 nitrogen and oxygen atoms in total. The van der Waals surface area contributed by atoms with Gasteiger partial charge in [0, 0.05) is 24.5 Å². The van der Waals surface area contributed by atoms with Crippen molar-refractivity contribution >= 4 is 27.5 Å². The Morgan fingerprint density at radius 2 is 1.68 bits per heavy atom. The zero-order chi connectivity index (χ0) is 18.1. The molecule has 2 aromatic carbocycles. The van der Waals surface area contributed by atoms with Crippen LogP contribution in [0.5, 0.6) is 0 Å². The Hall–Kier alpha value is -1.89. The van der Waals surface area contributed by atoms with Crippen LogP contribution in [0.4, 0.5) is 0 Å². The summed E-state index contributed by atoms with van der Waals surface area (Å²) < 4.78 is 26.4. The summed E-state index contributed by atoms with van der Waals surface area (Å²) in [5.74, 6) is -0.351. The van der Waals surface area contributed by atoms with E-state index in [9.17, 15) is 13.2 Å². The van der Waals surface area contributed by atoms with Crippen molar-refractivity contribution in [2.45, 2.75) is 19.4 Å². The predicted molar refractivity (Wildman–Crippen MR) is 99.9 cm³/mol. The first kappa shape index (κ1) is 19.4. The van der Waals surface area contributed by atoms with Gasteiger partial charge in [0.05, 0.1) is 5.75 Å². The van der Waals surface area contributed by atoms with Gasteiger partial charge >= 0.3 is 0 Å². The van der Waals surface area contributed by atoms with Crippen LogP contribution in [0, 0.1) is 0 Å². The lowest BCUT2D eigenvalue weighted by Crippen LogP contribution is -2.34. The fourth-order valence-electron chi connectivity index (χ4n) is 2.22. The molecular formula is C18H21ClN2O3S. The maximum atomic E-state index is 11.9. The lowest BCUT2D eigenvalue weighted by molar-refractivity contribution is -0.120. The number of halogens is 1. The quantitative estimate of drug-likeness (QED) is 0.701. The summed E-state index contributed by atoms with van der Waals surface area (Å²) in [6.45, 7) is 0.315. The van der Waals surface area contributed by atoms with Gasteiger partial charge in [-0.2, -0.15) is 0 Å². The van der Waals surface area contributed by atoms with E-state index >= 15 is 0 Å². The van der Waals surface area contributed by atoms with Crippen molar-refractivity contribution in [3.05, 3.63) is 70.7 Å². The Kier molecular flexibility index (Phi) is 7.43. The summed E-state index contributed by atoms with van der Waals surface area (Å²) in [5.41, 5.74) is 1.78. The van der Waals surface area contributed by atoms with Crippen LogP contribution in [-0.2, 0) is 27.8 Å². The van der Waals surface area contributed by atoms with Gasteiger partial charge in [-0.25, -0.2) is 13.1 Å². The molecule has 0 saturated carbocycles. The molecule has 0 unspecified atom stereocenters. The number of carbonyl (C=O) groups excluding carboxylic acids is 1. The topological polar surface area (TPSA) is 75.3 Å². The molecule has 0 aliphatic carbocycles. The summed E-state index contributed by atoms with van der Waals surface area (Å²) in [7, 11) is -3.44.